The quantitative estimate of drug-likeness (QED) is 0.818. The van der Waals surface area contributed by atoms with E-state index >= 15 is 0 Å². The minimum Gasteiger partial charge on any atom is -0.336 e. The van der Waals surface area contributed by atoms with Gasteiger partial charge in [-0.1, -0.05) is 0 Å². The molecule has 0 aliphatic carbocycles. The van der Waals surface area contributed by atoms with Gasteiger partial charge >= 0.3 is 0 Å². The zero-order chi connectivity index (χ0) is 10.7. The first-order valence-electron chi connectivity index (χ1n) is 5.33. The molecule has 90 valence electrons. The molecule has 1 N–H and O–H groups in total. The van der Waals surface area contributed by atoms with Gasteiger partial charge in [0, 0.05) is 38.9 Å². The molecule has 2 rings (SSSR count). The highest BCUT2D eigenvalue weighted by Crippen LogP contribution is 2.04. The maximum Gasteiger partial charge on any atom is 0.257 e. The van der Waals surface area contributed by atoms with Gasteiger partial charge in [0.1, 0.15) is 0 Å². The van der Waals surface area contributed by atoms with Crippen LogP contribution in [0.15, 0.2) is 12.4 Å². The Bertz CT molecular complexity index is 346. The van der Waals surface area contributed by atoms with Crippen molar-refractivity contribution in [2.24, 2.45) is 0 Å². The Morgan fingerprint density at radius 2 is 2.19 bits per heavy atom. The summed E-state index contributed by atoms with van der Waals surface area (Å²) < 4.78 is 1.77. The molecule has 0 unspecified atom stereocenters. The third-order valence-corrected chi connectivity index (χ3v) is 2.61. The Labute approximate surface area is 101 Å². The van der Waals surface area contributed by atoms with Crippen molar-refractivity contribution in [2.45, 2.75) is 13.5 Å². The molecule has 0 radical (unpaired) electrons. The number of amides is 1. The molecule has 1 aliphatic heterocycles. The fourth-order valence-corrected chi connectivity index (χ4v) is 1.70. The number of piperazine rings is 1. The predicted molar refractivity (Wildman–Crippen MR) is 63.9 cm³/mol. The van der Waals surface area contributed by atoms with Crippen molar-refractivity contribution in [2.75, 3.05) is 26.2 Å². The van der Waals surface area contributed by atoms with Crippen LogP contribution < -0.4 is 5.32 Å². The van der Waals surface area contributed by atoms with Crippen molar-refractivity contribution < 1.29 is 4.79 Å². The average molecular weight is 245 g/mol. The van der Waals surface area contributed by atoms with E-state index in [2.05, 4.69) is 10.4 Å². The molecule has 0 saturated carbocycles. The van der Waals surface area contributed by atoms with Gasteiger partial charge in [-0.05, 0) is 6.92 Å². The van der Waals surface area contributed by atoms with Crippen LogP contribution in [0.3, 0.4) is 0 Å². The third-order valence-electron chi connectivity index (χ3n) is 2.61. The van der Waals surface area contributed by atoms with Crippen molar-refractivity contribution in [3.63, 3.8) is 0 Å². The van der Waals surface area contributed by atoms with Gasteiger partial charge in [-0.3, -0.25) is 9.48 Å². The SMILES string of the molecule is CCn1cc(C(=O)N2CCNCC2)cn1.Cl. The Balaban J connectivity index is 0.00000128. The van der Waals surface area contributed by atoms with E-state index in [0.29, 0.717) is 5.56 Å². The molecule has 1 aromatic heterocycles. The summed E-state index contributed by atoms with van der Waals surface area (Å²) in [4.78, 5) is 13.8. The standard InChI is InChI=1S/C10H16N4O.ClH/c1-2-14-8-9(7-12-14)10(15)13-5-3-11-4-6-13;/h7-8,11H,2-6H2,1H3;1H. The number of carbonyl (C=O) groups is 1. The molecule has 0 atom stereocenters. The summed E-state index contributed by atoms with van der Waals surface area (Å²) in [6, 6.07) is 0. The zero-order valence-electron chi connectivity index (χ0n) is 9.35. The van der Waals surface area contributed by atoms with Crippen LogP contribution in [0.4, 0.5) is 0 Å². The molecule has 2 heterocycles. The van der Waals surface area contributed by atoms with Gasteiger partial charge in [-0.15, -0.1) is 12.4 Å². The number of nitrogens with zero attached hydrogens (tertiary/aromatic N) is 3. The molecule has 1 saturated heterocycles. The number of carbonyl (C=O) groups excluding carboxylic acids is 1. The first-order chi connectivity index (χ1) is 7.31. The van der Waals surface area contributed by atoms with Crippen molar-refractivity contribution in [1.29, 1.82) is 0 Å². The van der Waals surface area contributed by atoms with Crippen LogP contribution in [0.1, 0.15) is 17.3 Å². The first-order valence-corrected chi connectivity index (χ1v) is 5.33. The molecule has 1 fully saturated rings. The number of nitrogens with one attached hydrogen (secondary N) is 1. The predicted octanol–water partition coefficient (Wildman–Crippen LogP) is 0.370. The van der Waals surface area contributed by atoms with Crippen molar-refractivity contribution in [1.82, 2.24) is 20.0 Å². The number of hydrogen-bond acceptors (Lipinski definition) is 3. The number of aromatic nitrogens is 2. The lowest BCUT2D eigenvalue weighted by atomic mass is 10.2. The highest BCUT2D eigenvalue weighted by atomic mass is 35.5. The summed E-state index contributed by atoms with van der Waals surface area (Å²) in [5.41, 5.74) is 0.693. The summed E-state index contributed by atoms with van der Waals surface area (Å²) in [7, 11) is 0. The fraction of sp³-hybridized carbons (Fsp3) is 0.600. The topological polar surface area (TPSA) is 50.2 Å². The summed E-state index contributed by atoms with van der Waals surface area (Å²) >= 11 is 0. The van der Waals surface area contributed by atoms with E-state index in [4.69, 9.17) is 0 Å². The average Bonchev–Trinajstić information content (AvgIpc) is 2.78. The second-order valence-corrected chi connectivity index (χ2v) is 3.63. The zero-order valence-corrected chi connectivity index (χ0v) is 10.2. The van der Waals surface area contributed by atoms with Crippen LogP contribution in [0.2, 0.25) is 0 Å². The molecule has 0 spiro atoms. The van der Waals surface area contributed by atoms with E-state index in [-0.39, 0.29) is 18.3 Å². The maximum atomic E-state index is 12.0. The molecule has 0 bridgehead atoms. The number of rotatable bonds is 2. The summed E-state index contributed by atoms with van der Waals surface area (Å²) in [6.07, 6.45) is 3.46. The Hall–Kier alpha value is -1.07. The Morgan fingerprint density at radius 1 is 1.50 bits per heavy atom. The molecular formula is C10H17ClN4O. The van der Waals surface area contributed by atoms with E-state index in [0.717, 1.165) is 32.7 Å². The first kappa shape index (κ1) is 13.0. The van der Waals surface area contributed by atoms with Gasteiger partial charge in [-0.2, -0.15) is 5.10 Å². The molecule has 0 aromatic carbocycles. The smallest absolute Gasteiger partial charge is 0.257 e. The molecule has 16 heavy (non-hydrogen) atoms. The van der Waals surface area contributed by atoms with E-state index in [1.165, 1.54) is 0 Å². The minimum atomic E-state index is 0. The van der Waals surface area contributed by atoms with Crippen LogP contribution in [0, 0.1) is 0 Å². The monoisotopic (exact) mass is 244 g/mol. The Morgan fingerprint density at radius 3 is 2.75 bits per heavy atom. The van der Waals surface area contributed by atoms with Crippen LogP contribution in [0.5, 0.6) is 0 Å². The van der Waals surface area contributed by atoms with Gasteiger partial charge < -0.3 is 10.2 Å². The van der Waals surface area contributed by atoms with Crippen molar-refractivity contribution >= 4 is 18.3 Å². The van der Waals surface area contributed by atoms with Crippen LogP contribution in [0.25, 0.3) is 0 Å². The van der Waals surface area contributed by atoms with Gasteiger partial charge in [0.2, 0.25) is 0 Å². The number of hydrogen-bond donors (Lipinski definition) is 1. The lowest BCUT2D eigenvalue weighted by Crippen LogP contribution is -2.46. The largest absolute Gasteiger partial charge is 0.336 e. The van der Waals surface area contributed by atoms with Gasteiger partial charge in [0.15, 0.2) is 0 Å². The fourth-order valence-electron chi connectivity index (χ4n) is 1.70. The molecule has 6 heteroatoms. The van der Waals surface area contributed by atoms with E-state index < -0.39 is 0 Å². The summed E-state index contributed by atoms with van der Waals surface area (Å²) in [5, 5.41) is 7.33. The molecule has 1 aromatic rings. The van der Waals surface area contributed by atoms with E-state index in [1.807, 2.05) is 18.0 Å². The highest BCUT2D eigenvalue weighted by molar-refractivity contribution is 5.93. The second-order valence-electron chi connectivity index (χ2n) is 3.63. The third kappa shape index (κ3) is 2.74. The van der Waals surface area contributed by atoms with Gasteiger partial charge in [-0.25, -0.2) is 0 Å². The van der Waals surface area contributed by atoms with Crippen LogP contribution >= 0.6 is 12.4 Å². The van der Waals surface area contributed by atoms with E-state index in [1.54, 1.807) is 10.9 Å². The van der Waals surface area contributed by atoms with Crippen LogP contribution in [-0.4, -0.2) is 46.8 Å². The maximum absolute atomic E-state index is 12.0. The summed E-state index contributed by atoms with van der Waals surface area (Å²) in [5.74, 6) is 0.0937. The second kappa shape index (κ2) is 5.86. The Kier molecular flexibility index (Phi) is 4.76. The molecular weight excluding hydrogens is 228 g/mol. The van der Waals surface area contributed by atoms with Gasteiger partial charge in [0.05, 0.1) is 11.8 Å². The summed E-state index contributed by atoms with van der Waals surface area (Å²) in [6.45, 7) is 6.15. The normalized spacial score (nSPS) is 15.7. The molecule has 1 aliphatic rings. The number of aryl methyl sites for hydroxylation is 1. The van der Waals surface area contributed by atoms with Gasteiger partial charge in [0.25, 0.3) is 5.91 Å². The van der Waals surface area contributed by atoms with Crippen molar-refractivity contribution in [3.8, 4) is 0 Å². The molecule has 1 amide bonds. The van der Waals surface area contributed by atoms with Crippen molar-refractivity contribution in [3.05, 3.63) is 18.0 Å². The lowest BCUT2D eigenvalue weighted by molar-refractivity contribution is 0.0735. The van der Waals surface area contributed by atoms with Crippen LogP contribution in [-0.2, 0) is 6.54 Å². The lowest BCUT2D eigenvalue weighted by Gasteiger charge is -2.26. The highest BCUT2D eigenvalue weighted by Gasteiger charge is 2.18. The van der Waals surface area contributed by atoms with E-state index in [9.17, 15) is 4.79 Å². The number of halogens is 1. The minimum absolute atomic E-state index is 0. The molecule has 5 nitrogen and oxygen atoms in total.